The maximum atomic E-state index is 12.7. The fourth-order valence-corrected chi connectivity index (χ4v) is 3.84. The molecule has 8 heteroatoms. The zero-order valence-electron chi connectivity index (χ0n) is 14.9. The summed E-state index contributed by atoms with van der Waals surface area (Å²) in [5.74, 6) is -0.101. The van der Waals surface area contributed by atoms with Crippen LogP contribution >= 0.6 is 11.3 Å². The number of benzene rings is 1. The molecule has 0 radical (unpaired) electrons. The largest absolute Gasteiger partial charge is 0.481 e. The first-order valence-electron chi connectivity index (χ1n) is 8.88. The van der Waals surface area contributed by atoms with E-state index < -0.39 is 11.9 Å². The first-order valence-corrected chi connectivity index (χ1v) is 9.76. The summed E-state index contributed by atoms with van der Waals surface area (Å²) >= 11 is 1.47. The molecule has 2 aliphatic rings. The number of carbonyl (C=O) groups excluding carboxylic acids is 1. The van der Waals surface area contributed by atoms with Gasteiger partial charge >= 0.3 is 5.97 Å². The Morgan fingerprint density at radius 3 is 2.85 bits per heavy atom. The molecule has 1 N–H and O–H groups in total. The van der Waals surface area contributed by atoms with E-state index in [-0.39, 0.29) is 31.7 Å². The standard InChI is InChI=1S/C19H20N2O5S/c1-11(19(23)24)8-21(14-3-4-14)17(22)7-13-9-27-18(20-13)12-2-5-15-16(6-12)26-10-25-15/h2,5-6,9,11,14H,3-4,7-8,10H2,1H3,(H,23,24). The summed E-state index contributed by atoms with van der Waals surface area (Å²) in [5.41, 5.74) is 1.62. The van der Waals surface area contributed by atoms with Crippen molar-refractivity contribution in [1.82, 2.24) is 9.88 Å². The maximum Gasteiger partial charge on any atom is 0.308 e. The minimum atomic E-state index is -0.882. The summed E-state index contributed by atoms with van der Waals surface area (Å²) in [6.07, 6.45) is 2.07. The highest BCUT2D eigenvalue weighted by molar-refractivity contribution is 7.13. The predicted octanol–water partition coefficient (Wildman–Crippen LogP) is 2.79. The van der Waals surface area contributed by atoms with Crippen LogP contribution in [0.3, 0.4) is 0 Å². The van der Waals surface area contributed by atoms with Crippen molar-refractivity contribution in [2.24, 2.45) is 5.92 Å². The van der Waals surface area contributed by atoms with E-state index in [2.05, 4.69) is 4.98 Å². The Hall–Kier alpha value is -2.61. The third-order valence-corrected chi connectivity index (χ3v) is 5.64. The van der Waals surface area contributed by atoms with Gasteiger partial charge in [0.2, 0.25) is 12.7 Å². The molecular formula is C19H20N2O5S. The number of ether oxygens (including phenoxy) is 2. The van der Waals surface area contributed by atoms with Crippen molar-refractivity contribution in [2.45, 2.75) is 32.2 Å². The van der Waals surface area contributed by atoms with Gasteiger partial charge in [0.05, 0.1) is 18.0 Å². The van der Waals surface area contributed by atoms with Crippen molar-refractivity contribution >= 4 is 23.2 Å². The number of aliphatic carboxylic acids is 1. The first-order chi connectivity index (χ1) is 13.0. The molecule has 2 aromatic rings. The lowest BCUT2D eigenvalue weighted by Gasteiger charge is -2.24. The van der Waals surface area contributed by atoms with Crippen molar-refractivity contribution in [3.8, 4) is 22.1 Å². The predicted molar refractivity (Wildman–Crippen MR) is 98.9 cm³/mol. The van der Waals surface area contributed by atoms with Crippen LogP contribution in [0.1, 0.15) is 25.5 Å². The van der Waals surface area contributed by atoms with Crippen LogP contribution in [-0.4, -0.2) is 46.2 Å². The topological polar surface area (TPSA) is 89.0 Å². The number of carbonyl (C=O) groups is 2. The van der Waals surface area contributed by atoms with E-state index >= 15 is 0 Å². The van der Waals surface area contributed by atoms with Crippen LogP contribution in [0, 0.1) is 5.92 Å². The number of nitrogens with zero attached hydrogens (tertiary/aromatic N) is 2. The van der Waals surface area contributed by atoms with Crippen molar-refractivity contribution < 1.29 is 24.2 Å². The summed E-state index contributed by atoms with van der Waals surface area (Å²) in [4.78, 5) is 30.1. The Morgan fingerprint density at radius 1 is 1.33 bits per heavy atom. The molecule has 0 spiro atoms. The molecule has 0 bridgehead atoms. The Bertz CT molecular complexity index is 877. The normalized spacial score (nSPS) is 16.2. The van der Waals surface area contributed by atoms with Crippen molar-refractivity contribution in [3.63, 3.8) is 0 Å². The van der Waals surface area contributed by atoms with Gasteiger partial charge in [-0.05, 0) is 31.0 Å². The number of carboxylic acid groups (broad SMARTS) is 1. The molecule has 1 unspecified atom stereocenters. The third kappa shape index (κ3) is 3.90. The summed E-state index contributed by atoms with van der Waals surface area (Å²) < 4.78 is 10.7. The molecule has 1 aromatic carbocycles. The Labute approximate surface area is 160 Å². The van der Waals surface area contributed by atoms with Crippen LogP contribution in [0.15, 0.2) is 23.6 Å². The van der Waals surface area contributed by atoms with Gasteiger partial charge in [-0.25, -0.2) is 4.98 Å². The van der Waals surface area contributed by atoms with Crippen LogP contribution in [0.5, 0.6) is 11.5 Å². The van der Waals surface area contributed by atoms with Gasteiger partial charge in [0.25, 0.3) is 0 Å². The molecule has 7 nitrogen and oxygen atoms in total. The third-order valence-electron chi connectivity index (χ3n) is 4.70. The van der Waals surface area contributed by atoms with Crippen molar-refractivity contribution in [1.29, 1.82) is 0 Å². The summed E-state index contributed by atoms with van der Waals surface area (Å²) in [6.45, 7) is 2.10. The van der Waals surface area contributed by atoms with E-state index in [1.807, 2.05) is 23.6 Å². The maximum absolute atomic E-state index is 12.7. The number of hydrogen-bond donors (Lipinski definition) is 1. The van der Waals surface area contributed by atoms with E-state index in [1.165, 1.54) is 11.3 Å². The summed E-state index contributed by atoms with van der Waals surface area (Å²) in [6, 6.07) is 5.83. The first kappa shape index (κ1) is 17.8. The number of amides is 1. The van der Waals surface area contributed by atoms with Gasteiger partial charge in [-0.2, -0.15) is 0 Å². The molecule has 1 fully saturated rings. The number of fused-ring (bicyclic) bond motifs is 1. The van der Waals surface area contributed by atoms with Crippen LogP contribution in [-0.2, 0) is 16.0 Å². The Balaban J connectivity index is 1.45. The molecule has 4 rings (SSSR count). The number of hydrogen-bond acceptors (Lipinski definition) is 6. The van der Waals surface area contributed by atoms with E-state index in [1.54, 1.807) is 11.8 Å². The fourth-order valence-electron chi connectivity index (χ4n) is 3.02. The minimum absolute atomic E-state index is 0.0619. The molecule has 27 heavy (non-hydrogen) atoms. The van der Waals surface area contributed by atoms with Gasteiger partial charge in [-0.15, -0.1) is 11.3 Å². The molecule has 0 saturated heterocycles. The second-order valence-electron chi connectivity index (χ2n) is 6.91. The molecule has 142 valence electrons. The van der Waals surface area contributed by atoms with Gasteiger partial charge < -0.3 is 19.5 Å². The van der Waals surface area contributed by atoms with Gasteiger partial charge in [0.15, 0.2) is 11.5 Å². The average Bonchev–Trinajstić information content (AvgIpc) is 3.19. The second-order valence-corrected chi connectivity index (χ2v) is 7.76. The highest BCUT2D eigenvalue weighted by atomic mass is 32.1. The molecule has 1 aliphatic heterocycles. The number of thiazole rings is 1. The highest BCUT2D eigenvalue weighted by Gasteiger charge is 2.34. The zero-order valence-corrected chi connectivity index (χ0v) is 15.7. The highest BCUT2D eigenvalue weighted by Crippen LogP contribution is 2.37. The van der Waals surface area contributed by atoms with Crippen LogP contribution in [0.4, 0.5) is 0 Å². The summed E-state index contributed by atoms with van der Waals surface area (Å²) in [5, 5.41) is 11.8. The lowest BCUT2D eigenvalue weighted by atomic mass is 10.1. The van der Waals surface area contributed by atoms with E-state index in [9.17, 15) is 9.59 Å². The van der Waals surface area contributed by atoms with Gasteiger partial charge in [0, 0.05) is 23.5 Å². The number of carboxylic acids is 1. The zero-order chi connectivity index (χ0) is 19.0. The van der Waals surface area contributed by atoms with Crippen molar-refractivity contribution in [3.05, 3.63) is 29.3 Å². The molecule has 1 atom stereocenters. The quantitative estimate of drug-likeness (QED) is 0.785. The van der Waals surface area contributed by atoms with E-state index in [0.29, 0.717) is 11.4 Å². The molecule has 1 saturated carbocycles. The monoisotopic (exact) mass is 388 g/mol. The van der Waals surface area contributed by atoms with Crippen LogP contribution < -0.4 is 9.47 Å². The molecule has 2 heterocycles. The van der Waals surface area contributed by atoms with E-state index in [4.69, 9.17) is 14.6 Å². The minimum Gasteiger partial charge on any atom is -0.481 e. The molecule has 1 aromatic heterocycles. The molecule has 1 aliphatic carbocycles. The Kier molecular flexibility index (Phi) is 4.73. The fraction of sp³-hybridized carbons (Fsp3) is 0.421. The number of rotatable bonds is 7. The molecular weight excluding hydrogens is 368 g/mol. The lowest BCUT2D eigenvalue weighted by Crippen LogP contribution is -2.39. The second kappa shape index (κ2) is 7.19. The van der Waals surface area contributed by atoms with Gasteiger partial charge in [0.1, 0.15) is 5.01 Å². The smallest absolute Gasteiger partial charge is 0.308 e. The van der Waals surface area contributed by atoms with Gasteiger partial charge in [-0.1, -0.05) is 6.92 Å². The Morgan fingerprint density at radius 2 is 2.11 bits per heavy atom. The van der Waals surface area contributed by atoms with Crippen LogP contribution in [0.25, 0.3) is 10.6 Å². The van der Waals surface area contributed by atoms with Gasteiger partial charge in [-0.3, -0.25) is 9.59 Å². The van der Waals surface area contributed by atoms with E-state index in [0.717, 1.165) is 29.2 Å². The lowest BCUT2D eigenvalue weighted by molar-refractivity contribution is -0.143. The molecule has 1 amide bonds. The average molecular weight is 388 g/mol. The van der Waals surface area contributed by atoms with Crippen molar-refractivity contribution in [2.75, 3.05) is 13.3 Å². The summed E-state index contributed by atoms with van der Waals surface area (Å²) in [7, 11) is 0. The number of aromatic nitrogens is 1. The SMILES string of the molecule is CC(CN(C(=O)Cc1csc(-c2ccc3c(c2)OCO3)n1)C1CC1)C(=O)O. The van der Waals surface area contributed by atoms with Crippen LogP contribution in [0.2, 0.25) is 0 Å².